The number of thiophene rings is 1. The highest BCUT2D eigenvalue weighted by molar-refractivity contribution is 9.10. The molecule has 0 aliphatic heterocycles. The molecule has 0 bridgehead atoms. The molecular formula is C13H14BrClO3S. The summed E-state index contributed by atoms with van der Waals surface area (Å²) in [4.78, 5) is 24.3. The molecule has 1 aromatic rings. The number of carbonyl (C=O) groups is 2. The second kappa shape index (κ2) is 5.94. The fraction of sp³-hybridized carbons (Fsp3) is 0.538. The summed E-state index contributed by atoms with van der Waals surface area (Å²) < 4.78 is 1.22. The van der Waals surface area contributed by atoms with Crippen molar-refractivity contribution in [3.8, 4) is 0 Å². The monoisotopic (exact) mass is 364 g/mol. The van der Waals surface area contributed by atoms with Crippen LogP contribution in [0.4, 0.5) is 0 Å². The van der Waals surface area contributed by atoms with Crippen molar-refractivity contribution < 1.29 is 14.7 Å². The number of halogens is 2. The van der Waals surface area contributed by atoms with Crippen LogP contribution in [0.1, 0.15) is 35.9 Å². The number of hydrogen-bond donors (Lipinski definition) is 1. The Balaban J connectivity index is 2.23. The van der Waals surface area contributed by atoms with Gasteiger partial charge in [0.15, 0.2) is 5.78 Å². The number of rotatable bonds is 4. The number of ketones is 1. The minimum absolute atomic E-state index is 0.0825. The van der Waals surface area contributed by atoms with Crippen molar-refractivity contribution in [3.63, 3.8) is 0 Å². The maximum atomic E-state index is 12.5. The molecule has 0 aromatic carbocycles. The molecule has 1 aliphatic carbocycles. The Labute approximate surface area is 129 Å². The van der Waals surface area contributed by atoms with Crippen LogP contribution in [0.15, 0.2) is 10.5 Å². The SMILES string of the molecule is CCC1CC(C(=O)O)C(C(=O)c2cc(Br)c(Cl)s2)C1. The lowest BCUT2D eigenvalue weighted by atomic mass is 9.91. The standard InChI is InChI=1S/C13H14BrClO3S/c1-2-6-3-7(8(4-6)13(17)18)11(16)10-5-9(14)12(15)19-10/h5-8H,2-4H2,1H3,(H,17,18). The van der Waals surface area contributed by atoms with Gasteiger partial charge in [0.25, 0.3) is 0 Å². The van der Waals surface area contributed by atoms with E-state index in [-0.39, 0.29) is 5.78 Å². The third-order valence-electron chi connectivity index (χ3n) is 3.78. The molecule has 2 rings (SSSR count). The summed E-state index contributed by atoms with van der Waals surface area (Å²) in [5, 5.41) is 9.27. The van der Waals surface area contributed by atoms with Gasteiger partial charge in [-0.15, -0.1) is 11.3 Å². The quantitative estimate of drug-likeness (QED) is 0.800. The first-order valence-corrected chi connectivity index (χ1v) is 8.14. The van der Waals surface area contributed by atoms with E-state index >= 15 is 0 Å². The van der Waals surface area contributed by atoms with Gasteiger partial charge in [0.1, 0.15) is 4.34 Å². The zero-order chi connectivity index (χ0) is 14.2. The Morgan fingerprint density at radius 1 is 1.47 bits per heavy atom. The molecule has 3 atom stereocenters. The van der Waals surface area contributed by atoms with Crippen LogP contribution in [-0.4, -0.2) is 16.9 Å². The predicted molar refractivity (Wildman–Crippen MR) is 79.0 cm³/mol. The Bertz CT molecular complexity index is 494. The molecule has 0 amide bonds. The van der Waals surface area contributed by atoms with Crippen molar-refractivity contribution in [2.75, 3.05) is 0 Å². The second-order valence-electron chi connectivity index (χ2n) is 4.89. The first-order valence-electron chi connectivity index (χ1n) is 6.15. The molecule has 3 unspecified atom stereocenters. The van der Waals surface area contributed by atoms with Gasteiger partial charge in [0, 0.05) is 10.4 Å². The smallest absolute Gasteiger partial charge is 0.307 e. The van der Waals surface area contributed by atoms with Crippen LogP contribution in [0.5, 0.6) is 0 Å². The third kappa shape index (κ3) is 3.03. The summed E-state index contributed by atoms with van der Waals surface area (Å²) in [6.07, 6.45) is 2.18. The molecule has 1 N–H and O–H groups in total. The Morgan fingerprint density at radius 2 is 2.11 bits per heavy atom. The molecule has 1 aromatic heterocycles. The second-order valence-corrected chi connectivity index (χ2v) is 7.40. The maximum Gasteiger partial charge on any atom is 0.307 e. The number of carbonyl (C=O) groups excluding carboxylic acids is 1. The molecule has 1 saturated carbocycles. The van der Waals surface area contributed by atoms with Crippen LogP contribution in [-0.2, 0) is 4.79 Å². The van der Waals surface area contributed by atoms with Crippen molar-refractivity contribution >= 4 is 50.6 Å². The van der Waals surface area contributed by atoms with Crippen molar-refractivity contribution in [1.82, 2.24) is 0 Å². The maximum absolute atomic E-state index is 12.5. The van der Waals surface area contributed by atoms with Crippen molar-refractivity contribution in [2.45, 2.75) is 26.2 Å². The molecule has 3 nitrogen and oxygen atoms in total. The molecule has 0 saturated heterocycles. The Hall–Kier alpha value is -0.390. The highest BCUT2D eigenvalue weighted by Crippen LogP contribution is 2.42. The van der Waals surface area contributed by atoms with Crippen LogP contribution in [0.25, 0.3) is 0 Å². The molecule has 1 aliphatic rings. The Morgan fingerprint density at radius 3 is 2.58 bits per heavy atom. The fourth-order valence-corrected chi connectivity index (χ4v) is 4.40. The van der Waals surface area contributed by atoms with Crippen LogP contribution < -0.4 is 0 Å². The summed E-state index contributed by atoms with van der Waals surface area (Å²) in [6.45, 7) is 2.04. The van der Waals surface area contributed by atoms with Gasteiger partial charge in [-0.25, -0.2) is 0 Å². The molecule has 19 heavy (non-hydrogen) atoms. The van der Waals surface area contributed by atoms with E-state index in [4.69, 9.17) is 11.6 Å². The fourth-order valence-electron chi connectivity index (χ4n) is 2.69. The average Bonchev–Trinajstić information content (AvgIpc) is 2.93. The van der Waals surface area contributed by atoms with Gasteiger partial charge in [-0.2, -0.15) is 0 Å². The molecule has 1 heterocycles. The van der Waals surface area contributed by atoms with E-state index in [9.17, 15) is 14.7 Å². The number of carboxylic acid groups (broad SMARTS) is 1. The normalized spacial score (nSPS) is 26.6. The summed E-state index contributed by atoms with van der Waals surface area (Å²) in [7, 11) is 0. The summed E-state index contributed by atoms with van der Waals surface area (Å²) in [5.74, 6) is -1.59. The number of aliphatic carboxylic acids is 1. The van der Waals surface area contributed by atoms with Crippen LogP contribution in [0.2, 0.25) is 4.34 Å². The molecule has 0 radical (unpaired) electrons. The first-order chi connectivity index (χ1) is 8.93. The van der Waals surface area contributed by atoms with Gasteiger partial charge in [-0.3, -0.25) is 9.59 Å². The van der Waals surface area contributed by atoms with E-state index in [2.05, 4.69) is 15.9 Å². The molecule has 6 heteroatoms. The summed E-state index contributed by atoms with van der Waals surface area (Å²) in [5.41, 5.74) is 0. The zero-order valence-electron chi connectivity index (χ0n) is 10.4. The third-order valence-corrected chi connectivity index (χ3v) is 6.27. The average molecular weight is 366 g/mol. The van der Waals surface area contributed by atoms with E-state index < -0.39 is 17.8 Å². The summed E-state index contributed by atoms with van der Waals surface area (Å²) >= 11 is 10.4. The van der Waals surface area contributed by atoms with Gasteiger partial charge in [0.05, 0.1) is 10.8 Å². The molecule has 0 spiro atoms. The van der Waals surface area contributed by atoms with Crippen molar-refractivity contribution in [1.29, 1.82) is 0 Å². The predicted octanol–water partition coefficient (Wildman–Crippen LogP) is 4.48. The minimum atomic E-state index is -0.865. The molecule has 1 fully saturated rings. The lowest BCUT2D eigenvalue weighted by Gasteiger charge is -2.12. The van der Waals surface area contributed by atoms with Gasteiger partial charge >= 0.3 is 5.97 Å². The highest BCUT2D eigenvalue weighted by Gasteiger charge is 2.42. The highest BCUT2D eigenvalue weighted by atomic mass is 79.9. The first kappa shape index (κ1) is 15.0. The van der Waals surface area contributed by atoms with Gasteiger partial charge in [0.2, 0.25) is 0 Å². The van der Waals surface area contributed by atoms with Gasteiger partial charge < -0.3 is 5.11 Å². The van der Waals surface area contributed by atoms with E-state index in [1.165, 1.54) is 11.3 Å². The van der Waals surface area contributed by atoms with E-state index in [0.717, 1.165) is 6.42 Å². The van der Waals surface area contributed by atoms with E-state index in [0.29, 0.717) is 32.4 Å². The Kier molecular flexibility index (Phi) is 4.69. The minimum Gasteiger partial charge on any atom is -0.481 e. The van der Waals surface area contributed by atoms with Crippen LogP contribution in [0, 0.1) is 17.8 Å². The van der Waals surface area contributed by atoms with Crippen LogP contribution >= 0.6 is 38.9 Å². The van der Waals surface area contributed by atoms with Gasteiger partial charge in [-0.1, -0.05) is 24.9 Å². The molecule has 104 valence electrons. The van der Waals surface area contributed by atoms with E-state index in [1.807, 2.05) is 6.92 Å². The number of Topliss-reactive ketones (excluding diaryl/α,β-unsaturated/α-hetero) is 1. The van der Waals surface area contributed by atoms with Crippen molar-refractivity contribution in [3.05, 3.63) is 19.8 Å². The number of hydrogen-bond acceptors (Lipinski definition) is 3. The lowest BCUT2D eigenvalue weighted by Crippen LogP contribution is -2.24. The number of carboxylic acids is 1. The van der Waals surface area contributed by atoms with Crippen molar-refractivity contribution in [2.24, 2.45) is 17.8 Å². The lowest BCUT2D eigenvalue weighted by molar-refractivity contribution is -0.142. The topological polar surface area (TPSA) is 54.4 Å². The van der Waals surface area contributed by atoms with E-state index in [1.54, 1.807) is 6.07 Å². The summed E-state index contributed by atoms with van der Waals surface area (Å²) in [6, 6.07) is 1.69. The zero-order valence-corrected chi connectivity index (χ0v) is 13.5. The van der Waals surface area contributed by atoms with Gasteiger partial charge in [-0.05, 0) is 40.8 Å². The van der Waals surface area contributed by atoms with Crippen LogP contribution in [0.3, 0.4) is 0 Å². The largest absolute Gasteiger partial charge is 0.481 e. The molecular weight excluding hydrogens is 352 g/mol.